The molecule has 1 aliphatic rings. The van der Waals surface area contributed by atoms with Crippen molar-refractivity contribution in [2.75, 3.05) is 18.1 Å². The second kappa shape index (κ2) is 4.97. The molecule has 0 N–H and O–H groups in total. The summed E-state index contributed by atoms with van der Waals surface area (Å²) in [6.45, 7) is 5.83. The van der Waals surface area contributed by atoms with Crippen LogP contribution < -0.4 is 4.90 Å². The van der Waals surface area contributed by atoms with Crippen LogP contribution in [-0.2, 0) is 4.74 Å². The summed E-state index contributed by atoms with van der Waals surface area (Å²) < 4.78 is 5.65. The van der Waals surface area contributed by atoms with Crippen molar-refractivity contribution < 1.29 is 4.74 Å². The minimum atomic E-state index is 0.233. The van der Waals surface area contributed by atoms with Crippen molar-refractivity contribution >= 4 is 17.4 Å². The van der Waals surface area contributed by atoms with Gasteiger partial charge in [-0.25, -0.2) is 9.97 Å². The maximum atomic E-state index is 5.88. The summed E-state index contributed by atoms with van der Waals surface area (Å²) in [7, 11) is 0. The van der Waals surface area contributed by atoms with Crippen LogP contribution in [0.25, 0.3) is 0 Å². The van der Waals surface area contributed by atoms with Crippen molar-refractivity contribution in [3.63, 3.8) is 0 Å². The molecule has 1 aromatic heterocycles. The molecule has 4 nitrogen and oxygen atoms in total. The number of halogens is 1. The summed E-state index contributed by atoms with van der Waals surface area (Å²) >= 11 is 5.88. The van der Waals surface area contributed by atoms with Gasteiger partial charge in [-0.05, 0) is 13.3 Å². The quantitative estimate of drug-likeness (QED) is 0.744. The van der Waals surface area contributed by atoms with Crippen molar-refractivity contribution in [1.82, 2.24) is 9.97 Å². The molecule has 0 bridgehead atoms. The predicted molar refractivity (Wildman–Crippen MR) is 63.9 cm³/mol. The standard InChI is InChI=1S/C11H16ClN3O/c1-3-9-6-16-8(2)5-15(9)11-4-10(12)13-7-14-11/h4,7-9H,3,5-6H2,1-2H3. The highest BCUT2D eigenvalue weighted by atomic mass is 35.5. The molecule has 1 fully saturated rings. The molecule has 0 amide bonds. The molecule has 2 unspecified atom stereocenters. The first kappa shape index (κ1) is 11.6. The van der Waals surface area contributed by atoms with E-state index in [2.05, 4.69) is 28.7 Å². The second-order valence-corrected chi connectivity index (χ2v) is 4.44. The minimum absolute atomic E-state index is 0.233. The third kappa shape index (κ3) is 2.44. The van der Waals surface area contributed by atoms with Gasteiger partial charge < -0.3 is 9.64 Å². The number of aromatic nitrogens is 2. The Morgan fingerprint density at radius 1 is 1.56 bits per heavy atom. The molecule has 5 heteroatoms. The van der Waals surface area contributed by atoms with E-state index in [-0.39, 0.29) is 6.10 Å². The highest BCUT2D eigenvalue weighted by molar-refractivity contribution is 6.29. The molecule has 1 aliphatic heterocycles. The van der Waals surface area contributed by atoms with E-state index >= 15 is 0 Å². The predicted octanol–water partition coefficient (Wildman–Crippen LogP) is 2.13. The van der Waals surface area contributed by atoms with E-state index < -0.39 is 0 Å². The summed E-state index contributed by atoms with van der Waals surface area (Å²) in [5.41, 5.74) is 0. The van der Waals surface area contributed by atoms with Crippen LogP contribution in [0.15, 0.2) is 12.4 Å². The van der Waals surface area contributed by atoms with E-state index in [0.29, 0.717) is 11.2 Å². The van der Waals surface area contributed by atoms with Crippen LogP contribution in [0, 0.1) is 0 Å². The van der Waals surface area contributed by atoms with Crippen LogP contribution in [-0.4, -0.2) is 35.3 Å². The molecular formula is C11H16ClN3O. The lowest BCUT2D eigenvalue weighted by Crippen LogP contribution is -2.49. The summed E-state index contributed by atoms with van der Waals surface area (Å²) in [5, 5.41) is 0.485. The zero-order chi connectivity index (χ0) is 11.5. The Morgan fingerprint density at radius 2 is 2.38 bits per heavy atom. The summed E-state index contributed by atoms with van der Waals surface area (Å²) in [6.07, 6.45) is 2.77. The maximum Gasteiger partial charge on any atom is 0.134 e. The molecule has 88 valence electrons. The average Bonchev–Trinajstić information content (AvgIpc) is 2.29. The Hall–Kier alpha value is -0.870. The second-order valence-electron chi connectivity index (χ2n) is 4.06. The molecule has 1 saturated heterocycles. The summed E-state index contributed by atoms with van der Waals surface area (Å²) in [4.78, 5) is 10.4. The van der Waals surface area contributed by atoms with Crippen LogP contribution in [0.1, 0.15) is 20.3 Å². The fraction of sp³-hybridized carbons (Fsp3) is 0.636. The minimum Gasteiger partial charge on any atom is -0.375 e. The molecule has 2 atom stereocenters. The van der Waals surface area contributed by atoms with E-state index in [0.717, 1.165) is 25.4 Å². The monoisotopic (exact) mass is 241 g/mol. The van der Waals surface area contributed by atoms with Crippen molar-refractivity contribution in [2.45, 2.75) is 32.4 Å². The van der Waals surface area contributed by atoms with Crippen LogP contribution in [0.3, 0.4) is 0 Å². The topological polar surface area (TPSA) is 38.2 Å². The van der Waals surface area contributed by atoms with E-state index in [9.17, 15) is 0 Å². The molecule has 0 saturated carbocycles. The fourth-order valence-corrected chi connectivity index (χ4v) is 2.09. The van der Waals surface area contributed by atoms with Gasteiger partial charge >= 0.3 is 0 Å². The highest BCUT2D eigenvalue weighted by Gasteiger charge is 2.26. The Kier molecular flexibility index (Phi) is 3.61. The van der Waals surface area contributed by atoms with Gasteiger partial charge in [-0.2, -0.15) is 0 Å². The lowest BCUT2D eigenvalue weighted by atomic mass is 10.1. The first-order chi connectivity index (χ1) is 7.70. The number of morpholine rings is 1. The summed E-state index contributed by atoms with van der Waals surface area (Å²) in [6, 6.07) is 2.18. The fourth-order valence-electron chi connectivity index (χ4n) is 1.94. The van der Waals surface area contributed by atoms with Crippen LogP contribution >= 0.6 is 11.6 Å². The molecule has 0 radical (unpaired) electrons. The zero-order valence-corrected chi connectivity index (χ0v) is 10.3. The number of hydrogen-bond acceptors (Lipinski definition) is 4. The van der Waals surface area contributed by atoms with Gasteiger partial charge in [0.25, 0.3) is 0 Å². The molecule has 2 heterocycles. The number of ether oxygens (including phenoxy) is 1. The molecule has 0 aromatic carbocycles. The average molecular weight is 242 g/mol. The molecule has 16 heavy (non-hydrogen) atoms. The third-order valence-electron chi connectivity index (χ3n) is 2.85. The Bertz CT molecular complexity index is 361. The van der Waals surface area contributed by atoms with E-state index in [1.54, 1.807) is 0 Å². The maximum absolute atomic E-state index is 5.88. The Balaban J connectivity index is 2.22. The van der Waals surface area contributed by atoms with Crippen LogP contribution in [0.5, 0.6) is 0 Å². The smallest absolute Gasteiger partial charge is 0.134 e. The molecule has 2 rings (SSSR count). The normalized spacial score (nSPS) is 25.8. The lowest BCUT2D eigenvalue weighted by molar-refractivity contribution is 0.0296. The SMILES string of the molecule is CCC1COC(C)CN1c1cc(Cl)ncn1. The first-order valence-electron chi connectivity index (χ1n) is 5.56. The van der Waals surface area contributed by atoms with E-state index in [1.807, 2.05) is 6.07 Å². The zero-order valence-electron chi connectivity index (χ0n) is 9.56. The van der Waals surface area contributed by atoms with Crippen molar-refractivity contribution in [2.24, 2.45) is 0 Å². The summed E-state index contributed by atoms with van der Waals surface area (Å²) in [5.74, 6) is 0.891. The number of nitrogens with zero attached hydrogens (tertiary/aromatic N) is 3. The van der Waals surface area contributed by atoms with Gasteiger partial charge in [-0.1, -0.05) is 18.5 Å². The van der Waals surface area contributed by atoms with Crippen LogP contribution in [0.2, 0.25) is 5.15 Å². The van der Waals surface area contributed by atoms with Crippen LogP contribution in [0.4, 0.5) is 5.82 Å². The van der Waals surface area contributed by atoms with Crippen molar-refractivity contribution in [3.8, 4) is 0 Å². The molecule has 0 spiro atoms. The van der Waals surface area contributed by atoms with Gasteiger partial charge in [0, 0.05) is 12.6 Å². The van der Waals surface area contributed by atoms with Gasteiger partial charge in [0.2, 0.25) is 0 Å². The number of rotatable bonds is 2. The lowest BCUT2D eigenvalue weighted by Gasteiger charge is -2.39. The van der Waals surface area contributed by atoms with Crippen molar-refractivity contribution in [3.05, 3.63) is 17.5 Å². The number of hydrogen-bond donors (Lipinski definition) is 0. The van der Waals surface area contributed by atoms with Gasteiger partial charge in [0.1, 0.15) is 17.3 Å². The largest absolute Gasteiger partial charge is 0.375 e. The van der Waals surface area contributed by atoms with E-state index in [1.165, 1.54) is 6.33 Å². The molecule has 0 aliphatic carbocycles. The third-order valence-corrected chi connectivity index (χ3v) is 3.06. The van der Waals surface area contributed by atoms with Crippen molar-refractivity contribution in [1.29, 1.82) is 0 Å². The Labute approximate surface area is 101 Å². The Morgan fingerprint density at radius 3 is 3.06 bits per heavy atom. The number of anilines is 1. The molecule has 1 aromatic rings. The highest BCUT2D eigenvalue weighted by Crippen LogP contribution is 2.22. The van der Waals surface area contributed by atoms with Gasteiger partial charge in [-0.15, -0.1) is 0 Å². The van der Waals surface area contributed by atoms with Gasteiger partial charge in [0.05, 0.1) is 18.8 Å². The van der Waals surface area contributed by atoms with Gasteiger partial charge in [-0.3, -0.25) is 0 Å². The first-order valence-corrected chi connectivity index (χ1v) is 5.94. The van der Waals surface area contributed by atoms with Gasteiger partial charge in [0.15, 0.2) is 0 Å². The molecular weight excluding hydrogens is 226 g/mol. The van der Waals surface area contributed by atoms with E-state index in [4.69, 9.17) is 16.3 Å².